The summed E-state index contributed by atoms with van der Waals surface area (Å²) < 4.78 is 0. The van der Waals surface area contributed by atoms with Gasteiger partial charge >= 0.3 is 0 Å². The molecule has 1 fully saturated rings. The summed E-state index contributed by atoms with van der Waals surface area (Å²) in [5.41, 5.74) is 1.22. The summed E-state index contributed by atoms with van der Waals surface area (Å²) in [6.45, 7) is 8.24. The Morgan fingerprint density at radius 2 is 2.33 bits per heavy atom. The predicted molar refractivity (Wildman–Crippen MR) is 50.9 cm³/mol. The van der Waals surface area contributed by atoms with E-state index in [0.29, 0.717) is 11.7 Å². The first-order chi connectivity index (χ1) is 5.65. The molecule has 0 radical (unpaired) electrons. The molecule has 0 bridgehead atoms. The minimum Gasteiger partial charge on any atom is -0.299 e. The summed E-state index contributed by atoms with van der Waals surface area (Å²) in [6, 6.07) is 0. The van der Waals surface area contributed by atoms with Crippen LogP contribution in [0.4, 0.5) is 0 Å². The molecule has 68 valence electrons. The minimum absolute atomic E-state index is 0.289. The molecule has 1 nitrogen and oxygen atoms in total. The fourth-order valence-corrected chi connectivity index (χ4v) is 1.84. The summed E-state index contributed by atoms with van der Waals surface area (Å²) in [6.07, 6.45) is 3.82. The number of hydrogen-bond donors (Lipinski definition) is 0. The molecule has 0 saturated heterocycles. The SMILES string of the molecule is C=C(CC)CC1C(=O)CC[C@H]1C. The van der Waals surface area contributed by atoms with Gasteiger partial charge in [0.1, 0.15) is 5.78 Å². The fraction of sp³-hybridized carbons (Fsp3) is 0.727. The van der Waals surface area contributed by atoms with E-state index < -0.39 is 0 Å². The zero-order valence-corrected chi connectivity index (χ0v) is 8.10. The molecule has 1 aliphatic rings. The van der Waals surface area contributed by atoms with Crippen molar-refractivity contribution in [2.24, 2.45) is 11.8 Å². The van der Waals surface area contributed by atoms with Gasteiger partial charge in [0.15, 0.2) is 0 Å². The van der Waals surface area contributed by atoms with E-state index in [1.807, 2.05) is 0 Å². The van der Waals surface area contributed by atoms with Crippen molar-refractivity contribution < 1.29 is 4.79 Å². The maximum Gasteiger partial charge on any atom is 0.136 e. The molecule has 1 saturated carbocycles. The van der Waals surface area contributed by atoms with Crippen molar-refractivity contribution in [1.29, 1.82) is 0 Å². The lowest BCUT2D eigenvalue weighted by molar-refractivity contribution is -0.121. The third-order valence-electron chi connectivity index (χ3n) is 2.96. The van der Waals surface area contributed by atoms with Crippen molar-refractivity contribution in [3.05, 3.63) is 12.2 Å². The van der Waals surface area contributed by atoms with Crippen LogP contribution < -0.4 is 0 Å². The number of hydrogen-bond acceptors (Lipinski definition) is 1. The molecule has 0 heterocycles. The Hall–Kier alpha value is -0.590. The van der Waals surface area contributed by atoms with Crippen LogP contribution in [0.2, 0.25) is 0 Å². The summed E-state index contributed by atoms with van der Waals surface area (Å²) in [5.74, 6) is 1.33. The lowest BCUT2D eigenvalue weighted by Gasteiger charge is -2.14. The van der Waals surface area contributed by atoms with Crippen LogP contribution >= 0.6 is 0 Å². The van der Waals surface area contributed by atoms with Crippen molar-refractivity contribution >= 4 is 5.78 Å². The maximum absolute atomic E-state index is 11.4. The van der Waals surface area contributed by atoms with E-state index in [4.69, 9.17) is 0 Å². The highest BCUT2D eigenvalue weighted by molar-refractivity contribution is 5.83. The van der Waals surface area contributed by atoms with Crippen LogP contribution in [0.3, 0.4) is 0 Å². The third-order valence-corrected chi connectivity index (χ3v) is 2.96. The largest absolute Gasteiger partial charge is 0.299 e. The van der Waals surface area contributed by atoms with E-state index in [2.05, 4.69) is 20.4 Å². The summed E-state index contributed by atoms with van der Waals surface area (Å²) in [5, 5.41) is 0. The second kappa shape index (κ2) is 3.88. The number of allylic oxidation sites excluding steroid dienone is 1. The van der Waals surface area contributed by atoms with E-state index in [1.54, 1.807) is 0 Å². The fourth-order valence-electron chi connectivity index (χ4n) is 1.84. The number of Topliss-reactive ketones (excluding diaryl/α,β-unsaturated/α-hetero) is 1. The first-order valence-electron chi connectivity index (χ1n) is 4.84. The molecule has 2 atom stereocenters. The van der Waals surface area contributed by atoms with Gasteiger partial charge in [-0.1, -0.05) is 26.0 Å². The minimum atomic E-state index is 0.289. The molecule has 0 aromatic carbocycles. The number of rotatable bonds is 3. The average Bonchev–Trinajstić information content (AvgIpc) is 2.35. The second-order valence-corrected chi connectivity index (χ2v) is 3.90. The molecule has 0 spiro atoms. The molecular formula is C11H18O. The van der Waals surface area contributed by atoms with Gasteiger partial charge in [-0.05, 0) is 25.2 Å². The quantitative estimate of drug-likeness (QED) is 0.589. The molecule has 1 rings (SSSR count). The van der Waals surface area contributed by atoms with Crippen LogP contribution in [-0.2, 0) is 4.79 Å². The first kappa shape index (κ1) is 9.50. The molecule has 1 unspecified atom stereocenters. The zero-order valence-electron chi connectivity index (χ0n) is 8.10. The van der Waals surface area contributed by atoms with Crippen LogP contribution in [0, 0.1) is 11.8 Å². The molecule has 0 N–H and O–H groups in total. The van der Waals surface area contributed by atoms with Gasteiger partial charge in [-0.2, -0.15) is 0 Å². The Kier molecular flexibility index (Phi) is 3.07. The number of carbonyl (C=O) groups is 1. The monoisotopic (exact) mass is 166 g/mol. The molecular weight excluding hydrogens is 148 g/mol. The topological polar surface area (TPSA) is 17.1 Å². The summed E-state index contributed by atoms with van der Waals surface area (Å²) in [7, 11) is 0. The molecule has 0 amide bonds. The van der Waals surface area contributed by atoms with Crippen LogP contribution in [-0.4, -0.2) is 5.78 Å². The van der Waals surface area contributed by atoms with Crippen molar-refractivity contribution in [3.63, 3.8) is 0 Å². The predicted octanol–water partition coefficient (Wildman–Crippen LogP) is 2.96. The number of ketones is 1. The Morgan fingerprint density at radius 3 is 2.75 bits per heavy atom. The van der Waals surface area contributed by atoms with Gasteiger partial charge in [0.2, 0.25) is 0 Å². The van der Waals surface area contributed by atoms with Crippen LogP contribution in [0.1, 0.15) is 39.5 Å². The molecule has 12 heavy (non-hydrogen) atoms. The lowest BCUT2D eigenvalue weighted by Crippen LogP contribution is -2.12. The van der Waals surface area contributed by atoms with E-state index in [0.717, 1.165) is 25.7 Å². The lowest BCUT2D eigenvalue weighted by atomic mass is 9.90. The third kappa shape index (κ3) is 1.96. The van der Waals surface area contributed by atoms with Crippen LogP contribution in [0.15, 0.2) is 12.2 Å². The standard InChI is InChI=1S/C11H18O/c1-4-8(2)7-10-9(3)5-6-11(10)12/h9-10H,2,4-7H2,1,3H3/t9-,10?/m1/s1. The number of carbonyl (C=O) groups excluding carboxylic acids is 1. The Morgan fingerprint density at radius 1 is 1.67 bits per heavy atom. The normalized spacial score (nSPS) is 29.3. The molecule has 1 heteroatoms. The summed E-state index contributed by atoms with van der Waals surface area (Å²) in [4.78, 5) is 11.4. The van der Waals surface area contributed by atoms with Gasteiger partial charge in [-0.25, -0.2) is 0 Å². The van der Waals surface area contributed by atoms with Crippen molar-refractivity contribution in [2.45, 2.75) is 39.5 Å². The Labute approximate surface area is 74.9 Å². The van der Waals surface area contributed by atoms with Crippen molar-refractivity contribution in [3.8, 4) is 0 Å². The summed E-state index contributed by atoms with van der Waals surface area (Å²) >= 11 is 0. The van der Waals surface area contributed by atoms with Gasteiger partial charge in [-0.15, -0.1) is 0 Å². The van der Waals surface area contributed by atoms with E-state index in [-0.39, 0.29) is 5.92 Å². The molecule has 0 aromatic heterocycles. The molecule has 1 aliphatic carbocycles. The average molecular weight is 166 g/mol. The molecule has 0 aromatic rings. The Balaban J connectivity index is 2.50. The second-order valence-electron chi connectivity index (χ2n) is 3.90. The van der Waals surface area contributed by atoms with Crippen LogP contribution in [0.25, 0.3) is 0 Å². The van der Waals surface area contributed by atoms with Gasteiger partial charge in [0.25, 0.3) is 0 Å². The van der Waals surface area contributed by atoms with Gasteiger partial charge in [0, 0.05) is 12.3 Å². The van der Waals surface area contributed by atoms with E-state index in [1.165, 1.54) is 5.57 Å². The first-order valence-corrected chi connectivity index (χ1v) is 4.84. The van der Waals surface area contributed by atoms with Gasteiger partial charge in [0.05, 0.1) is 0 Å². The highest BCUT2D eigenvalue weighted by Crippen LogP contribution is 2.32. The van der Waals surface area contributed by atoms with Gasteiger partial charge < -0.3 is 0 Å². The highest BCUT2D eigenvalue weighted by atomic mass is 16.1. The molecule has 0 aliphatic heterocycles. The Bertz CT molecular complexity index is 193. The smallest absolute Gasteiger partial charge is 0.136 e. The van der Waals surface area contributed by atoms with Crippen molar-refractivity contribution in [2.75, 3.05) is 0 Å². The van der Waals surface area contributed by atoms with Crippen LogP contribution in [0.5, 0.6) is 0 Å². The highest BCUT2D eigenvalue weighted by Gasteiger charge is 2.31. The van der Waals surface area contributed by atoms with E-state index in [9.17, 15) is 4.79 Å². The zero-order chi connectivity index (χ0) is 9.14. The van der Waals surface area contributed by atoms with E-state index >= 15 is 0 Å². The maximum atomic E-state index is 11.4. The van der Waals surface area contributed by atoms with Gasteiger partial charge in [-0.3, -0.25) is 4.79 Å². The van der Waals surface area contributed by atoms with Crippen molar-refractivity contribution in [1.82, 2.24) is 0 Å².